The summed E-state index contributed by atoms with van der Waals surface area (Å²) in [4.78, 5) is 0. The highest BCUT2D eigenvalue weighted by molar-refractivity contribution is 6.37. The van der Waals surface area contributed by atoms with Crippen LogP contribution >= 0.6 is 46.4 Å². The highest BCUT2D eigenvalue weighted by atomic mass is 35.5. The van der Waals surface area contributed by atoms with Crippen molar-refractivity contribution in [2.24, 2.45) is 5.16 Å². The van der Waals surface area contributed by atoms with E-state index < -0.39 is 0 Å². The monoisotopic (exact) mass is 413 g/mol. The van der Waals surface area contributed by atoms with Crippen LogP contribution in [0.1, 0.15) is 24.0 Å². The molecule has 2 aromatic rings. The molecule has 0 atom stereocenters. The lowest BCUT2D eigenvalue weighted by atomic mass is 10.1. The molecule has 0 spiro atoms. The predicted octanol–water partition coefficient (Wildman–Crippen LogP) is 7.64. The summed E-state index contributed by atoms with van der Waals surface area (Å²) >= 11 is 24.4. The van der Waals surface area contributed by atoms with E-state index in [1.54, 1.807) is 36.4 Å². The first-order valence-corrected chi connectivity index (χ1v) is 8.95. The zero-order valence-electron chi connectivity index (χ0n) is 13.1. The van der Waals surface area contributed by atoms with Gasteiger partial charge in [-0.2, -0.15) is 0 Å². The minimum Gasteiger partial charge on any atom is -0.411 e. The predicted molar refractivity (Wildman–Crippen MR) is 109 cm³/mol. The number of allylic oxidation sites excluding steroid dienone is 2. The van der Waals surface area contributed by atoms with E-state index in [1.807, 2.05) is 24.3 Å². The molecule has 0 aliphatic rings. The van der Waals surface area contributed by atoms with Crippen molar-refractivity contribution in [2.45, 2.75) is 12.8 Å². The minimum atomic E-state index is 0.457. The average Bonchev–Trinajstić information content (AvgIpc) is 2.58. The molecule has 0 aliphatic carbocycles. The van der Waals surface area contributed by atoms with Crippen molar-refractivity contribution >= 4 is 64.3 Å². The van der Waals surface area contributed by atoms with E-state index in [0.717, 1.165) is 11.1 Å². The molecule has 0 saturated carbocycles. The minimum absolute atomic E-state index is 0.457. The van der Waals surface area contributed by atoms with Crippen LogP contribution in [0.2, 0.25) is 20.1 Å². The summed E-state index contributed by atoms with van der Waals surface area (Å²) in [5.41, 5.74) is 2.06. The Morgan fingerprint density at radius 2 is 1.12 bits per heavy atom. The molecule has 0 heterocycles. The Kier molecular flexibility index (Phi) is 7.86. The van der Waals surface area contributed by atoms with Crippen molar-refractivity contribution < 1.29 is 5.21 Å². The largest absolute Gasteiger partial charge is 0.411 e. The van der Waals surface area contributed by atoms with Crippen LogP contribution in [-0.4, -0.2) is 10.9 Å². The average molecular weight is 415 g/mol. The molecule has 0 amide bonds. The summed E-state index contributed by atoms with van der Waals surface area (Å²) in [6, 6.07) is 10.6. The van der Waals surface area contributed by atoms with E-state index >= 15 is 0 Å². The van der Waals surface area contributed by atoms with Crippen LogP contribution in [0.15, 0.2) is 53.7 Å². The van der Waals surface area contributed by atoms with Crippen molar-refractivity contribution in [1.29, 1.82) is 0 Å². The molecule has 25 heavy (non-hydrogen) atoms. The molecule has 0 aliphatic heterocycles. The van der Waals surface area contributed by atoms with Crippen LogP contribution in [0.5, 0.6) is 0 Å². The molecule has 0 bridgehead atoms. The lowest BCUT2D eigenvalue weighted by Crippen LogP contribution is -1.94. The molecule has 2 rings (SSSR count). The zero-order chi connectivity index (χ0) is 18.2. The SMILES string of the molecule is ON=C(CC=Cc1c(Cl)cccc1Cl)CC=Cc1c(Cl)cccc1Cl. The van der Waals surface area contributed by atoms with Gasteiger partial charge < -0.3 is 5.21 Å². The molecule has 0 fully saturated rings. The second-order valence-electron chi connectivity index (χ2n) is 5.15. The Morgan fingerprint density at radius 3 is 1.44 bits per heavy atom. The van der Waals surface area contributed by atoms with Gasteiger partial charge in [-0.05, 0) is 24.3 Å². The van der Waals surface area contributed by atoms with Crippen molar-refractivity contribution in [2.75, 3.05) is 0 Å². The van der Waals surface area contributed by atoms with Crippen LogP contribution < -0.4 is 0 Å². The summed E-state index contributed by atoms with van der Waals surface area (Å²) in [7, 11) is 0. The number of rotatable bonds is 6. The molecule has 6 heteroatoms. The van der Waals surface area contributed by atoms with E-state index in [2.05, 4.69) is 5.16 Å². The summed E-state index contributed by atoms with van der Waals surface area (Å²) in [6.07, 6.45) is 8.23. The Bertz CT molecular complexity index is 722. The highest BCUT2D eigenvalue weighted by Gasteiger charge is 2.03. The summed E-state index contributed by atoms with van der Waals surface area (Å²) < 4.78 is 0. The van der Waals surface area contributed by atoms with Gasteiger partial charge in [0.25, 0.3) is 0 Å². The second-order valence-corrected chi connectivity index (χ2v) is 6.78. The van der Waals surface area contributed by atoms with Crippen LogP contribution in [0.3, 0.4) is 0 Å². The summed E-state index contributed by atoms with van der Waals surface area (Å²) in [5.74, 6) is 0. The number of hydrogen-bond acceptors (Lipinski definition) is 2. The van der Waals surface area contributed by atoms with E-state index in [9.17, 15) is 0 Å². The summed E-state index contributed by atoms with van der Waals surface area (Å²) in [5, 5.41) is 14.8. The number of oxime groups is 1. The first-order chi connectivity index (χ1) is 12.0. The molecule has 0 radical (unpaired) electrons. The normalized spacial score (nSPS) is 11.4. The van der Waals surface area contributed by atoms with E-state index in [0.29, 0.717) is 38.6 Å². The third kappa shape index (κ3) is 5.79. The molecule has 0 saturated heterocycles. The van der Waals surface area contributed by atoms with Gasteiger partial charge in [0.05, 0.1) is 5.71 Å². The van der Waals surface area contributed by atoms with Crippen molar-refractivity contribution in [1.82, 2.24) is 0 Å². The second kappa shape index (κ2) is 9.88. The molecular formula is C19H15Cl4NO. The Hall–Kier alpha value is -1.45. The van der Waals surface area contributed by atoms with Crippen LogP contribution in [0.25, 0.3) is 12.2 Å². The first kappa shape index (κ1) is 19.9. The number of benzene rings is 2. The van der Waals surface area contributed by atoms with E-state index in [4.69, 9.17) is 51.6 Å². The van der Waals surface area contributed by atoms with Crippen molar-refractivity contribution in [3.63, 3.8) is 0 Å². The standard InChI is InChI=1S/C19H15Cl4NO/c20-16-9-3-10-17(21)14(16)7-1-5-13(24-25)6-2-8-15-18(22)11-4-12-19(15)23/h1-4,7-12,25H,5-6H2. The van der Waals surface area contributed by atoms with Gasteiger partial charge in [0.15, 0.2) is 0 Å². The molecule has 1 N–H and O–H groups in total. The lowest BCUT2D eigenvalue weighted by molar-refractivity contribution is 0.317. The van der Waals surface area contributed by atoms with Gasteiger partial charge in [0.2, 0.25) is 0 Å². The zero-order valence-corrected chi connectivity index (χ0v) is 16.1. The maximum absolute atomic E-state index is 9.15. The lowest BCUT2D eigenvalue weighted by Gasteiger charge is -2.02. The first-order valence-electron chi connectivity index (χ1n) is 7.44. The van der Waals surface area contributed by atoms with Crippen LogP contribution in [-0.2, 0) is 0 Å². The maximum atomic E-state index is 9.15. The molecule has 0 unspecified atom stereocenters. The molecular weight excluding hydrogens is 400 g/mol. The molecule has 2 nitrogen and oxygen atoms in total. The van der Waals surface area contributed by atoms with Gasteiger partial charge in [-0.25, -0.2) is 0 Å². The fraction of sp³-hybridized carbons (Fsp3) is 0.105. The molecule has 0 aromatic heterocycles. The quantitative estimate of drug-likeness (QED) is 0.294. The van der Waals surface area contributed by atoms with Crippen molar-refractivity contribution in [3.05, 3.63) is 79.8 Å². The number of nitrogens with zero attached hydrogens (tertiary/aromatic N) is 1. The van der Waals surface area contributed by atoms with Gasteiger partial charge in [-0.15, -0.1) is 0 Å². The van der Waals surface area contributed by atoms with Gasteiger partial charge in [0.1, 0.15) is 0 Å². The van der Waals surface area contributed by atoms with Crippen molar-refractivity contribution in [3.8, 4) is 0 Å². The maximum Gasteiger partial charge on any atom is 0.0646 e. The number of hydrogen-bond donors (Lipinski definition) is 1. The van der Waals surface area contributed by atoms with Gasteiger partial charge >= 0.3 is 0 Å². The topological polar surface area (TPSA) is 32.6 Å². The third-order valence-corrected chi connectivity index (χ3v) is 4.74. The Balaban J connectivity index is 2.00. The van der Waals surface area contributed by atoms with E-state index in [-0.39, 0.29) is 0 Å². The Morgan fingerprint density at radius 1 is 0.760 bits per heavy atom. The highest BCUT2D eigenvalue weighted by Crippen LogP contribution is 2.26. The fourth-order valence-electron chi connectivity index (χ4n) is 2.13. The van der Waals surface area contributed by atoms with Crippen LogP contribution in [0.4, 0.5) is 0 Å². The van der Waals surface area contributed by atoms with Gasteiger partial charge in [0, 0.05) is 44.1 Å². The van der Waals surface area contributed by atoms with Crippen LogP contribution in [0, 0.1) is 0 Å². The Labute approximate surface area is 167 Å². The fourth-order valence-corrected chi connectivity index (χ4v) is 3.18. The molecule has 2 aromatic carbocycles. The smallest absolute Gasteiger partial charge is 0.0646 e. The third-order valence-electron chi connectivity index (χ3n) is 3.42. The van der Waals surface area contributed by atoms with E-state index in [1.165, 1.54) is 0 Å². The van der Waals surface area contributed by atoms with Gasteiger partial charge in [-0.1, -0.05) is 88.0 Å². The molecule has 130 valence electrons. The number of halogens is 4. The van der Waals surface area contributed by atoms with Gasteiger partial charge in [-0.3, -0.25) is 0 Å². The summed E-state index contributed by atoms with van der Waals surface area (Å²) in [6.45, 7) is 0.